The highest BCUT2D eigenvalue weighted by atomic mass is 16.2. The third-order valence-corrected chi connectivity index (χ3v) is 5.16. The average Bonchev–Trinajstić information content (AvgIpc) is 2.54. The molecule has 0 spiro atoms. The van der Waals surface area contributed by atoms with Crippen molar-refractivity contribution in [2.75, 3.05) is 13.1 Å². The first-order valence-electron chi connectivity index (χ1n) is 9.31. The van der Waals surface area contributed by atoms with Gasteiger partial charge in [0.2, 0.25) is 11.5 Å². The first-order valence-corrected chi connectivity index (χ1v) is 9.31. The number of carbonyl (C=O) groups excluding carboxylic acids is 1. The smallest absolute Gasteiger partial charge is 0.248 e. The highest BCUT2D eigenvalue weighted by molar-refractivity contribution is 5.82. The molecule has 2 aliphatic rings. The van der Waals surface area contributed by atoms with E-state index in [0.29, 0.717) is 5.92 Å². The van der Waals surface area contributed by atoms with Gasteiger partial charge in [-0.25, -0.2) is 0 Å². The number of aromatic amines is 1. The number of carbonyl (C=O) groups is 1. The Bertz CT molecular complexity index is 638. The number of aromatic nitrogens is 1. The standard InChI is InChI=1S/C19H29N3O2/c1-13(2)12-22-11-4-3-8-17(22)19(24)21-16-7-5-6-15-14(16)9-10-18(23)20-15/h9-10,13,16-17H,3-8,11-12H2,1-2H3,(H,20,23)(H,21,24)/t16-,17-/m0/s1. The van der Waals surface area contributed by atoms with Crippen LogP contribution in [0.15, 0.2) is 16.9 Å². The van der Waals surface area contributed by atoms with Crippen molar-refractivity contribution in [1.82, 2.24) is 15.2 Å². The summed E-state index contributed by atoms with van der Waals surface area (Å²) in [7, 11) is 0. The molecule has 0 saturated carbocycles. The molecule has 2 heterocycles. The van der Waals surface area contributed by atoms with Crippen LogP contribution in [0.4, 0.5) is 0 Å². The SMILES string of the molecule is CC(C)CN1CCCC[C@H]1C(=O)N[C@H]1CCCc2[nH]c(=O)ccc21. The van der Waals surface area contributed by atoms with Crippen molar-refractivity contribution in [2.24, 2.45) is 5.92 Å². The van der Waals surface area contributed by atoms with Crippen LogP contribution in [0.2, 0.25) is 0 Å². The van der Waals surface area contributed by atoms with Crippen LogP contribution in [0.3, 0.4) is 0 Å². The minimum absolute atomic E-state index is 0.00529. The van der Waals surface area contributed by atoms with Gasteiger partial charge in [-0.05, 0) is 56.2 Å². The molecule has 0 unspecified atom stereocenters. The van der Waals surface area contributed by atoms with Crippen LogP contribution in [-0.2, 0) is 11.2 Å². The van der Waals surface area contributed by atoms with Gasteiger partial charge >= 0.3 is 0 Å². The Balaban J connectivity index is 1.71. The lowest BCUT2D eigenvalue weighted by molar-refractivity contribution is -0.128. The van der Waals surface area contributed by atoms with Crippen molar-refractivity contribution in [3.63, 3.8) is 0 Å². The molecule has 132 valence electrons. The maximum Gasteiger partial charge on any atom is 0.248 e. The number of H-pyrrole nitrogens is 1. The zero-order valence-electron chi connectivity index (χ0n) is 14.8. The Morgan fingerprint density at radius 1 is 1.29 bits per heavy atom. The summed E-state index contributed by atoms with van der Waals surface area (Å²) in [5.74, 6) is 0.721. The van der Waals surface area contributed by atoms with E-state index in [1.54, 1.807) is 6.07 Å². The van der Waals surface area contributed by atoms with Crippen LogP contribution in [0.5, 0.6) is 0 Å². The molecular weight excluding hydrogens is 302 g/mol. The monoisotopic (exact) mass is 331 g/mol. The number of fused-ring (bicyclic) bond motifs is 1. The highest BCUT2D eigenvalue weighted by Gasteiger charge is 2.31. The summed E-state index contributed by atoms with van der Waals surface area (Å²) >= 11 is 0. The predicted molar refractivity (Wildman–Crippen MR) is 94.9 cm³/mol. The minimum atomic E-state index is -0.0592. The number of aryl methyl sites for hydroxylation is 1. The normalized spacial score (nSPS) is 24.6. The molecule has 5 heteroatoms. The number of hydrogen-bond donors (Lipinski definition) is 2. The summed E-state index contributed by atoms with van der Waals surface area (Å²) in [6, 6.07) is 3.47. The van der Waals surface area contributed by atoms with Gasteiger partial charge in [-0.1, -0.05) is 20.3 Å². The van der Waals surface area contributed by atoms with E-state index >= 15 is 0 Å². The Hall–Kier alpha value is -1.62. The van der Waals surface area contributed by atoms with Gasteiger partial charge < -0.3 is 10.3 Å². The summed E-state index contributed by atoms with van der Waals surface area (Å²) in [6.07, 6.45) is 6.09. The minimum Gasteiger partial charge on any atom is -0.348 e. The highest BCUT2D eigenvalue weighted by Crippen LogP contribution is 2.28. The lowest BCUT2D eigenvalue weighted by Crippen LogP contribution is -2.51. The molecule has 1 aromatic rings. The van der Waals surface area contributed by atoms with Gasteiger partial charge in [-0.2, -0.15) is 0 Å². The van der Waals surface area contributed by atoms with E-state index in [9.17, 15) is 9.59 Å². The molecule has 0 radical (unpaired) electrons. The summed E-state index contributed by atoms with van der Waals surface area (Å²) < 4.78 is 0. The lowest BCUT2D eigenvalue weighted by Gasteiger charge is -2.37. The molecule has 1 amide bonds. The number of likely N-dealkylation sites (tertiary alicyclic amines) is 1. The van der Waals surface area contributed by atoms with Crippen molar-refractivity contribution in [2.45, 2.75) is 64.5 Å². The Morgan fingerprint density at radius 2 is 2.12 bits per heavy atom. The predicted octanol–water partition coefficient (Wildman–Crippen LogP) is 2.38. The van der Waals surface area contributed by atoms with Crippen molar-refractivity contribution in [3.8, 4) is 0 Å². The quantitative estimate of drug-likeness (QED) is 0.890. The first-order chi connectivity index (χ1) is 11.5. The maximum absolute atomic E-state index is 12.9. The van der Waals surface area contributed by atoms with E-state index in [1.807, 2.05) is 6.07 Å². The topological polar surface area (TPSA) is 65.2 Å². The molecular formula is C19H29N3O2. The molecule has 1 fully saturated rings. The van der Waals surface area contributed by atoms with Gasteiger partial charge in [0.15, 0.2) is 0 Å². The van der Waals surface area contributed by atoms with Crippen LogP contribution in [0.1, 0.15) is 63.3 Å². The number of nitrogens with zero attached hydrogens (tertiary/aromatic N) is 1. The lowest BCUT2D eigenvalue weighted by atomic mass is 9.90. The van der Waals surface area contributed by atoms with E-state index in [-0.39, 0.29) is 23.6 Å². The molecule has 2 atom stereocenters. The number of rotatable bonds is 4. The van der Waals surface area contributed by atoms with Crippen LogP contribution < -0.4 is 10.9 Å². The number of pyridine rings is 1. The summed E-state index contributed by atoms with van der Waals surface area (Å²) in [5, 5.41) is 3.26. The first kappa shape index (κ1) is 17.2. The molecule has 24 heavy (non-hydrogen) atoms. The van der Waals surface area contributed by atoms with E-state index < -0.39 is 0 Å². The van der Waals surface area contributed by atoms with E-state index in [2.05, 4.69) is 29.0 Å². The Kier molecular flexibility index (Phi) is 5.39. The van der Waals surface area contributed by atoms with E-state index in [4.69, 9.17) is 0 Å². The Morgan fingerprint density at radius 3 is 2.92 bits per heavy atom. The van der Waals surface area contributed by atoms with Crippen molar-refractivity contribution >= 4 is 5.91 Å². The van der Waals surface area contributed by atoms with Crippen LogP contribution in [0, 0.1) is 5.92 Å². The third-order valence-electron chi connectivity index (χ3n) is 5.16. The van der Waals surface area contributed by atoms with Gasteiger partial charge in [-0.15, -0.1) is 0 Å². The second-order valence-electron chi connectivity index (χ2n) is 7.61. The summed E-state index contributed by atoms with van der Waals surface area (Å²) in [4.78, 5) is 29.7. The second-order valence-corrected chi connectivity index (χ2v) is 7.61. The molecule has 1 aliphatic heterocycles. The number of amides is 1. The van der Waals surface area contributed by atoms with E-state index in [0.717, 1.165) is 56.5 Å². The fourth-order valence-electron chi connectivity index (χ4n) is 4.09. The van der Waals surface area contributed by atoms with Crippen molar-refractivity contribution in [1.29, 1.82) is 0 Å². The fourth-order valence-corrected chi connectivity index (χ4v) is 4.09. The van der Waals surface area contributed by atoms with Crippen LogP contribution in [0.25, 0.3) is 0 Å². The average molecular weight is 331 g/mol. The van der Waals surface area contributed by atoms with Gasteiger partial charge in [0.1, 0.15) is 0 Å². The molecule has 1 aliphatic carbocycles. The molecule has 1 aromatic heterocycles. The second kappa shape index (κ2) is 7.51. The number of hydrogen-bond acceptors (Lipinski definition) is 3. The van der Waals surface area contributed by atoms with Crippen molar-refractivity contribution < 1.29 is 4.79 Å². The number of nitrogens with one attached hydrogen (secondary N) is 2. The molecule has 1 saturated heterocycles. The molecule has 5 nitrogen and oxygen atoms in total. The zero-order chi connectivity index (χ0) is 17.1. The molecule has 0 aromatic carbocycles. The summed E-state index contributed by atoms with van der Waals surface area (Å²) in [6.45, 7) is 6.41. The van der Waals surface area contributed by atoms with Gasteiger partial charge in [0.05, 0.1) is 12.1 Å². The van der Waals surface area contributed by atoms with Gasteiger partial charge in [0.25, 0.3) is 0 Å². The van der Waals surface area contributed by atoms with Gasteiger partial charge in [-0.3, -0.25) is 14.5 Å². The molecule has 2 N–H and O–H groups in total. The summed E-state index contributed by atoms with van der Waals surface area (Å²) in [5.41, 5.74) is 2.01. The van der Waals surface area contributed by atoms with Crippen LogP contribution >= 0.6 is 0 Å². The van der Waals surface area contributed by atoms with Gasteiger partial charge in [0, 0.05) is 18.3 Å². The molecule has 3 rings (SSSR count). The Labute approximate surface area is 143 Å². The molecule has 0 bridgehead atoms. The van der Waals surface area contributed by atoms with Crippen molar-refractivity contribution in [3.05, 3.63) is 33.7 Å². The van der Waals surface area contributed by atoms with E-state index in [1.165, 1.54) is 6.42 Å². The van der Waals surface area contributed by atoms with Crippen LogP contribution in [-0.4, -0.2) is 34.9 Å². The zero-order valence-corrected chi connectivity index (χ0v) is 14.8. The third kappa shape index (κ3) is 3.89. The maximum atomic E-state index is 12.9. The number of piperidine rings is 1. The largest absolute Gasteiger partial charge is 0.348 e. The fraction of sp³-hybridized carbons (Fsp3) is 0.684.